The zero-order valence-corrected chi connectivity index (χ0v) is 8.41. The summed E-state index contributed by atoms with van der Waals surface area (Å²) in [6.45, 7) is 6.36. The lowest BCUT2D eigenvalue weighted by molar-refractivity contribution is 0.150. The first-order chi connectivity index (χ1) is 5.13. The number of amides is 1. The van der Waals surface area contributed by atoms with Crippen LogP contribution in [0.5, 0.6) is 0 Å². The Bertz CT molecular complexity index is 132. The van der Waals surface area contributed by atoms with Crippen LogP contribution < -0.4 is 0 Å². The average molecular weight is 198 g/mol. The van der Waals surface area contributed by atoms with E-state index >= 15 is 0 Å². The summed E-state index contributed by atoms with van der Waals surface area (Å²) in [7, 11) is 5.15. The molecule has 0 aromatic rings. The molecule has 0 radical (unpaired) electrons. The van der Waals surface area contributed by atoms with E-state index < -0.39 is 0 Å². The molecule has 0 aromatic heterocycles. The van der Waals surface area contributed by atoms with E-state index in [4.69, 9.17) is 10.7 Å². The molecule has 0 spiro atoms. The maximum atomic E-state index is 11.0. The third-order valence-corrected chi connectivity index (χ3v) is 1.70. The van der Waals surface area contributed by atoms with Gasteiger partial charge in [0, 0.05) is 23.3 Å². The number of carbonyl (C=O) groups is 1. The van der Waals surface area contributed by atoms with Gasteiger partial charge in [0.1, 0.15) is 0 Å². The highest BCUT2D eigenvalue weighted by molar-refractivity contribution is 8.17. The Morgan fingerprint density at radius 2 is 2.27 bits per heavy atom. The largest absolute Gasteiger partial charge is 0.423 e. The molecule has 11 heavy (non-hydrogen) atoms. The van der Waals surface area contributed by atoms with Gasteiger partial charge in [0.2, 0.25) is 0 Å². The molecule has 0 bridgehead atoms. The Balaban J connectivity index is 3.92. The quantitative estimate of drug-likeness (QED) is 0.652. The van der Waals surface area contributed by atoms with E-state index in [1.165, 1.54) is 0 Å². The van der Waals surface area contributed by atoms with E-state index in [9.17, 15) is 4.79 Å². The molecule has 1 amide bonds. The molecule has 0 aliphatic rings. The van der Waals surface area contributed by atoms with Crippen molar-refractivity contribution in [2.24, 2.45) is 0 Å². The maximum Gasteiger partial charge on any atom is 0.423 e. The summed E-state index contributed by atoms with van der Waals surface area (Å²) >= 11 is 0.552. The van der Waals surface area contributed by atoms with E-state index in [1.807, 2.05) is 20.8 Å². The summed E-state index contributed by atoms with van der Waals surface area (Å²) < 4.78 is 4.53. The molecule has 0 atom stereocenters. The van der Waals surface area contributed by atoms with E-state index in [0.29, 0.717) is 17.8 Å². The molecular formula is C6H12ClNO2S. The molecule has 0 unspecified atom stereocenters. The fourth-order valence-corrected chi connectivity index (χ4v) is 1.09. The first-order valence-electron chi connectivity index (χ1n) is 3.39. The molecule has 0 fully saturated rings. The second-order valence-corrected chi connectivity index (χ2v) is 2.96. The summed E-state index contributed by atoms with van der Waals surface area (Å²) in [5.74, 6) is 0. The molecule has 5 heteroatoms. The van der Waals surface area contributed by atoms with Crippen LogP contribution in [0.2, 0.25) is 0 Å². The smallest absolute Gasteiger partial charge is 0.358 e. The SMILES string of the molecule is CCN(C(=O)OSCl)C(C)C. The first kappa shape index (κ1) is 10.9. The normalized spacial score (nSPS) is 9.91. The summed E-state index contributed by atoms with van der Waals surface area (Å²) in [4.78, 5) is 12.6. The van der Waals surface area contributed by atoms with Crippen molar-refractivity contribution in [3.63, 3.8) is 0 Å². The van der Waals surface area contributed by atoms with Gasteiger partial charge in [-0.2, -0.15) is 0 Å². The van der Waals surface area contributed by atoms with Gasteiger partial charge in [-0.15, -0.1) is 0 Å². The molecule has 0 aliphatic carbocycles. The second kappa shape index (κ2) is 5.55. The third kappa shape index (κ3) is 3.72. The van der Waals surface area contributed by atoms with Crippen molar-refractivity contribution >= 4 is 28.0 Å². The van der Waals surface area contributed by atoms with Crippen LogP contribution in [0.15, 0.2) is 0 Å². The Hall–Kier alpha value is -0.0900. The second-order valence-electron chi connectivity index (χ2n) is 2.29. The lowest BCUT2D eigenvalue weighted by Crippen LogP contribution is -2.35. The van der Waals surface area contributed by atoms with Crippen molar-refractivity contribution in [1.82, 2.24) is 4.90 Å². The van der Waals surface area contributed by atoms with Crippen molar-refractivity contribution in [3.8, 4) is 0 Å². The van der Waals surface area contributed by atoms with E-state index in [1.54, 1.807) is 4.90 Å². The minimum Gasteiger partial charge on any atom is -0.358 e. The van der Waals surface area contributed by atoms with Crippen molar-refractivity contribution in [2.45, 2.75) is 26.8 Å². The molecule has 0 heterocycles. The van der Waals surface area contributed by atoms with E-state index in [2.05, 4.69) is 4.18 Å². The number of nitrogens with zero attached hydrogens (tertiary/aromatic N) is 1. The maximum absolute atomic E-state index is 11.0. The van der Waals surface area contributed by atoms with Gasteiger partial charge in [0.15, 0.2) is 11.3 Å². The Morgan fingerprint density at radius 1 is 1.73 bits per heavy atom. The molecule has 0 N–H and O–H groups in total. The summed E-state index contributed by atoms with van der Waals surface area (Å²) in [5.41, 5.74) is 0. The average Bonchev–Trinajstić information content (AvgIpc) is 1.88. The van der Waals surface area contributed by atoms with Crippen LogP contribution in [0.4, 0.5) is 4.79 Å². The lowest BCUT2D eigenvalue weighted by atomic mass is 10.3. The molecule has 0 aromatic carbocycles. The number of hydrogen-bond donors (Lipinski definition) is 0. The Morgan fingerprint density at radius 3 is 2.55 bits per heavy atom. The van der Waals surface area contributed by atoms with Gasteiger partial charge >= 0.3 is 6.09 Å². The highest BCUT2D eigenvalue weighted by Gasteiger charge is 2.15. The monoisotopic (exact) mass is 197 g/mol. The Kier molecular flexibility index (Phi) is 5.50. The Labute approximate surface area is 75.7 Å². The summed E-state index contributed by atoms with van der Waals surface area (Å²) in [6, 6.07) is 0.149. The van der Waals surface area contributed by atoms with Crippen LogP contribution >= 0.6 is 21.9 Å². The molecular weight excluding hydrogens is 186 g/mol. The van der Waals surface area contributed by atoms with Crippen molar-refractivity contribution < 1.29 is 8.98 Å². The van der Waals surface area contributed by atoms with Gasteiger partial charge in [-0.1, -0.05) is 0 Å². The fraction of sp³-hybridized carbons (Fsp3) is 0.833. The first-order valence-corrected chi connectivity index (χ1v) is 4.96. The van der Waals surface area contributed by atoms with Crippen LogP contribution in [-0.4, -0.2) is 23.6 Å². The van der Waals surface area contributed by atoms with Gasteiger partial charge in [-0.25, -0.2) is 4.79 Å². The van der Waals surface area contributed by atoms with Crippen molar-refractivity contribution in [1.29, 1.82) is 0 Å². The van der Waals surface area contributed by atoms with Gasteiger partial charge in [0.25, 0.3) is 0 Å². The number of carbonyl (C=O) groups excluding carboxylic acids is 1. The molecule has 0 saturated carbocycles. The van der Waals surface area contributed by atoms with Crippen molar-refractivity contribution in [3.05, 3.63) is 0 Å². The molecule has 3 nitrogen and oxygen atoms in total. The van der Waals surface area contributed by atoms with Crippen LogP contribution in [0.3, 0.4) is 0 Å². The highest BCUT2D eigenvalue weighted by Crippen LogP contribution is 2.11. The van der Waals surface area contributed by atoms with E-state index in [0.717, 1.165) is 0 Å². The molecule has 0 saturated heterocycles. The minimum atomic E-state index is -0.387. The van der Waals surface area contributed by atoms with Crippen molar-refractivity contribution in [2.75, 3.05) is 6.54 Å². The highest BCUT2D eigenvalue weighted by atomic mass is 35.7. The van der Waals surface area contributed by atoms with Gasteiger partial charge in [0.05, 0.1) is 0 Å². The molecule has 0 rings (SSSR count). The zero-order chi connectivity index (χ0) is 8.85. The summed E-state index contributed by atoms with van der Waals surface area (Å²) in [5, 5.41) is 0. The fourth-order valence-electron chi connectivity index (χ4n) is 0.780. The third-order valence-electron chi connectivity index (χ3n) is 1.30. The van der Waals surface area contributed by atoms with Gasteiger partial charge in [-0.3, -0.25) is 0 Å². The van der Waals surface area contributed by atoms with Gasteiger partial charge in [-0.05, 0) is 20.8 Å². The number of rotatable bonds is 3. The standard InChI is InChI=1S/C6H12ClNO2S/c1-4-8(5(2)3)6(9)10-11-7/h5H,4H2,1-3H3. The summed E-state index contributed by atoms with van der Waals surface area (Å²) in [6.07, 6.45) is -0.387. The molecule has 66 valence electrons. The van der Waals surface area contributed by atoms with E-state index in [-0.39, 0.29) is 12.1 Å². The minimum absolute atomic E-state index is 0.149. The van der Waals surface area contributed by atoms with Crippen LogP contribution in [0, 0.1) is 0 Å². The predicted molar refractivity (Wildman–Crippen MR) is 47.4 cm³/mol. The predicted octanol–water partition coefficient (Wildman–Crippen LogP) is 2.66. The lowest BCUT2D eigenvalue weighted by Gasteiger charge is -2.22. The van der Waals surface area contributed by atoms with Crippen LogP contribution in [-0.2, 0) is 4.18 Å². The van der Waals surface area contributed by atoms with Gasteiger partial charge < -0.3 is 9.08 Å². The van der Waals surface area contributed by atoms with Crippen LogP contribution in [0.1, 0.15) is 20.8 Å². The number of halogens is 1. The number of hydrogen-bond acceptors (Lipinski definition) is 3. The van der Waals surface area contributed by atoms with Crippen LogP contribution in [0.25, 0.3) is 0 Å². The zero-order valence-electron chi connectivity index (χ0n) is 6.83. The molecule has 0 aliphatic heterocycles. The topological polar surface area (TPSA) is 29.5 Å².